The zero-order valence-corrected chi connectivity index (χ0v) is 17.3. The van der Waals surface area contributed by atoms with E-state index in [1.54, 1.807) is 30.3 Å². The number of carbonyl (C=O) groups excluding carboxylic acids is 2. The van der Waals surface area contributed by atoms with E-state index in [1.165, 1.54) is 18.7 Å². The number of benzene rings is 1. The zero-order chi connectivity index (χ0) is 20.8. The van der Waals surface area contributed by atoms with E-state index in [0.717, 1.165) is 11.5 Å². The molecule has 0 bridgehead atoms. The van der Waals surface area contributed by atoms with Crippen LogP contribution in [-0.2, 0) is 24.8 Å². The first kappa shape index (κ1) is 20.6. The molecule has 0 unspecified atom stereocenters. The van der Waals surface area contributed by atoms with Crippen molar-refractivity contribution >= 4 is 29.1 Å². The number of ketones is 1. The van der Waals surface area contributed by atoms with Crippen molar-refractivity contribution in [2.75, 3.05) is 11.1 Å². The molecule has 1 N–H and O–H groups in total. The molecule has 0 atom stereocenters. The third-order valence-electron chi connectivity index (χ3n) is 4.38. The van der Waals surface area contributed by atoms with Crippen LogP contribution in [0.5, 0.6) is 0 Å². The molecule has 0 aliphatic carbocycles. The molecule has 0 aliphatic rings. The van der Waals surface area contributed by atoms with Crippen LogP contribution in [0.25, 0.3) is 0 Å². The molecule has 3 aromatic rings. The lowest BCUT2D eigenvalue weighted by atomic mass is 10.1. The van der Waals surface area contributed by atoms with Gasteiger partial charge in [-0.15, -0.1) is 16.8 Å². The van der Waals surface area contributed by atoms with Crippen molar-refractivity contribution in [2.45, 2.75) is 25.0 Å². The van der Waals surface area contributed by atoms with Crippen LogP contribution in [0.4, 0.5) is 5.69 Å². The van der Waals surface area contributed by atoms with E-state index < -0.39 is 0 Å². The average Bonchev–Trinajstić information content (AvgIpc) is 3.27. The van der Waals surface area contributed by atoms with Gasteiger partial charge in [-0.1, -0.05) is 30.0 Å². The number of carbonyl (C=O) groups is 2. The third-order valence-corrected chi connectivity index (χ3v) is 5.35. The van der Waals surface area contributed by atoms with Crippen LogP contribution in [0.3, 0.4) is 0 Å². The van der Waals surface area contributed by atoms with Gasteiger partial charge in [0.1, 0.15) is 5.82 Å². The molecule has 0 fully saturated rings. The minimum absolute atomic E-state index is 0.0428. The molecule has 2 heterocycles. The highest BCUT2D eigenvalue weighted by Crippen LogP contribution is 2.20. The van der Waals surface area contributed by atoms with Gasteiger partial charge in [0.15, 0.2) is 10.9 Å². The number of rotatable bonds is 9. The molecule has 0 spiro atoms. The second kappa shape index (κ2) is 9.38. The Hall–Kier alpha value is -3.13. The van der Waals surface area contributed by atoms with Crippen LogP contribution < -0.4 is 5.32 Å². The lowest BCUT2D eigenvalue weighted by Gasteiger charge is -2.09. The molecule has 2 aromatic heterocycles. The van der Waals surface area contributed by atoms with Gasteiger partial charge in [-0.25, -0.2) is 0 Å². The first-order chi connectivity index (χ1) is 14.0. The molecule has 1 amide bonds. The van der Waals surface area contributed by atoms with Gasteiger partial charge in [0, 0.05) is 43.2 Å². The smallest absolute Gasteiger partial charge is 0.234 e. The van der Waals surface area contributed by atoms with Crippen molar-refractivity contribution in [3.8, 4) is 0 Å². The highest BCUT2D eigenvalue weighted by Gasteiger charge is 2.15. The van der Waals surface area contributed by atoms with Gasteiger partial charge >= 0.3 is 0 Å². The molecule has 8 heteroatoms. The maximum absolute atomic E-state index is 12.3. The number of hydrogen-bond acceptors (Lipinski definition) is 5. The highest BCUT2D eigenvalue weighted by molar-refractivity contribution is 7.99. The minimum atomic E-state index is -0.173. The molecular weight excluding hydrogens is 386 g/mol. The van der Waals surface area contributed by atoms with Gasteiger partial charge in [-0.2, -0.15) is 0 Å². The van der Waals surface area contributed by atoms with Crippen molar-refractivity contribution < 1.29 is 9.59 Å². The number of nitrogens with zero attached hydrogens (tertiary/aromatic N) is 4. The van der Waals surface area contributed by atoms with E-state index in [2.05, 4.69) is 22.1 Å². The lowest BCUT2D eigenvalue weighted by molar-refractivity contribution is -0.113. The lowest BCUT2D eigenvalue weighted by Crippen LogP contribution is -2.15. The monoisotopic (exact) mass is 409 g/mol. The topological polar surface area (TPSA) is 81.8 Å². The van der Waals surface area contributed by atoms with E-state index in [-0.39, 0.29) is 17.4 Å². The third kappa shape index (κ3) is 5.23. The van der Waals surface area contributed by atoms with Gasteiger partial charge in [0.25, 0.3) is 0 Å². The molecular formula is C21H23N5O2S. The predicted molar refractivity (Wildman–Crippen MR) is 114 cm³/mol. The maximum Gasteiger partial charge on any atom is 0.234 e. The van der Waals surface area contributed by atoms with Crippen LogP contribution in [0.1, 0.15) is 28.8 Å². The van der Waals surface area contributed by atoms with Gasteiger partial charge in [0.05, 0.1) is 5.75 Å². The predicted octanol–water partition coefficient (Wildman–Crippen LogP) is 3.33. The summed E-state index contributed by atoms with van der Waals surface area (Å²) in [7, 11) is 1.99. The number of anilines is 1. The van der Waals surface area contributed by atoms with E-state index in [4.69, 9.17) is 0 Å². The number of aromatic nitrogens is 4. The molecule has 29 heavy (non-hydrogen) atoms. The van der Waals surface area contributed by atoms with Crippen LogP contribution in [-0.4, -0.2) is 36.8 Å². The van der Waals surface area contributed by atoms with E-state index >= 15 is 0 Å². The standard InChI is InChI=1S/C21H23N5O2S/c1-4-10-26-19(13-18-9-6-11-25(18)3)23-24-21(26)29-14-20(28)22-17-8-5-7-16(12-17)15(2)27/h4-9,11-12H,1,10,13-14H2,2-3H3,(H,22,28). The summed E-state index contributed by atoms with van der Waals surface area (Å²) in [6.07, 6.45) is 4.43. The Bertz CT molecular complexity index is 1040. The van der Waals surface area contributed by atoms with Crippen molar-refractivity contribution in [1.82, 2.24) is 19.3 Å². The van der Waals surface area contributed by atoms with Gasteiger partial charge < -0.3 is 14.5 Å². The highest BCUT2D eigenvalue weighted by atomic mass is 32.2. The Morgan fingerprint density at radius 1 is 1.24 bits per heavy atom. The van der Waals surface area contributed by atoms with Crippen LogP contribution in [0, 0.1) is 0 Å². The number of aryl methyl sites for hydroxylation is 1. The molecule has 0 radical (unpaired) electrons. The second-order valence-corrected chi connectivity index (χ2v) is 7.50. The Morgan fingerprint density at radius 2 is 2.07 bits per heavy atom. The molecule has 7 nitrogen and oxygen atoms in total. The van der Waals surface area contributed by atoms with Gasteiger partial charge in [-0.3, -0.25) is 9.59 Å². The number of allylic oxidation sites excluding steroid dienone is 1. The van der Waals surface area contributed by atoms with Crippen molar-refractivity contribution in [1.29, 1.82) is 0 Å². The van der Waals surface area contributed by atoms with E-state index in [0.29, 0.717) is 29.4 Å². The quantitative estimate of drug-likeness (QED) is 0.333. The van der Waals surface area contributed by atoms with Gasteiger partial charge in [-0.05, 0) is 31.2 Å². The van der Waals surface area contributed by atoms with E-state index in [9.17, 15) is 9.59 Å². The summed E-state index contributed by atoms with van der Waals surface area (Å²) in [6, 6.07) is 10.9. The van der Waals surface area contributed by atoms with Crippen LogP contribution in [0.15, 0.2) is 60.4 Å². The number of Topliss-reactive ketones (excluding diaryl/α,β-unsaturated/α-hetero) is 1. The fourth-order valence-corrected chi connectivity index (χ4v) is 3.62. The van der Waals surface area contributed by atoms with Crippen molar-refractivity contribution in [3.63, 3.8) is 0 Å². The summed E-state index contributed by atoms with van der Waals surface area (Å²) in [4.78, 5) is 23.8. The Kier molecular flexibility index (Phi) is 6.66. The average molecular weight is 410 g/mol. The molecule has 0 saturated carbocycles. The largest absolute Gasteiger partial charge is 0.354 e. The first-order valence-corrected chi connectivity index (χ1v) is 10.1. The Morgan fingerprint density at radius 3 is 2.76 bits per heavy atom. The Balaban J connectivity index is 1.66. The van der Waals surface area contributed by atoms with Crippen LogP contribution in [0.2, 0.25) is 0 Å². The number of thioether (sulfide) groups is 1. The zero-order valence-electron chi connectivity index (χ0n) is 16.5. The van der Waals surface area contributed by atoms with Crippen molar-refractivity contribution in [2.24, 2.45) is 7.05 Å². The number of amides is 1. The SMILES string of the molecule is C=CCn1c(Cc2cccn2C)nnc1SCC(=O)Nc1cccc(C(C)=O)c1. The summed E-state index contributed by atoms with van der Waals surface area (Å²) in [6.45, 7) is 5.87. The Labute approximate surface area is 173 Å². The fraction of sp³-hybridized carbons (Fsp3) is 0.238. The first-order valence-electron chi connectivity index (χ1n) is 9.14. The van der Waals surface area contributed by atoms with Gasteiger partial charge in [0.2, 0.25) is 5.91 Å². The van der Waals surface area contributed by atoms with Crippen molar-refractivity contribution in [3.05, 3.63) is 72.3 Å². The maximum atomic E-state index is 12.3. The van der Waals surface area contributed by atoms with E-state index in [1.807, 2.05) is 34.5 Å². The second-order valence-electron chi connectivity index (χ2n) is 6.56. The molecule has 0 saturated heterocycles. The molecule has 1 aromatic carbocycles. The summed E-state index contributed by atoms with van der Waals surface area (Å²) >= 11 is 1.32. The van der Waals surface area contributed by atoms with Crippen LogP contribution >= 0.6 is 11.8 Å². The normalized spacial score (nSPS) is 10.7. The molecule has 3 rings (SSSR count). The number of hydrogen-bond donors (Lipinski definition) is 1. The molecule has 0 aliphatic heterocycles. The summed E-state index contributed by atoms with van der Waals surface area (Å²) in [5, 5.41) is 12.0. The fourth-order valence-electron chi connectivity index (χ4n) is 2.85. The summed E-state index contributed by atoms with van der Waals surface area (Å²) in [5.41, 5.74) is 2.29. The summed E-state index contributed by atoms with van der Waals surface area (Å²) in [5.74, 6) is 0.791. The minimum Gasteiger partial charge on any atom is -0.354 e. The molecule has 150 valence electrons. The number of nitrogens with one attached hydrogen (secondary N) is 1. The summed E-state index contributed by atoms with van der Waals surface area (Å²) < 4.78 is 4.01.